The van der Waals surface area contributed by atoms with Crippen LogP contribution < -0.4 is 5.73 Å². The second kappa shape index (κ2) is 6.17. The Balaban J connectivity index is 1.88. The lowest BCUT2D eigenvalue weighted by Gasteiger charge is -2.47. The molecule has 0 aromatic carbocycles. The van der Waals surface area contributed by atoms with E-state index in [4.69, 9.17) is 5.73 Å². The van der Waals surface area contributed by atoms with Crippen LogP contribution in [0.3, 0.4) is 0 Å². The molecule has 2 saturated heterocycles. The largest absolute Gasteiger partial charge is 0.477 e. The molecule has 0 aromatic heterocycles. The predicted molar refractivity (Wildman–Crippen MR) is 94.5 cm³/mol. The number of nitrogens with two attached hydrogens (primary N) is 1. The predicted octanol–water partition coefficient (Wildman–Crippen LogP) is 0.772. The normalized spacial score (nSPS) is 28.6. The Labute approximate surface area is 150 Å². The van der Waals surface area contributed by atoms with Gasteiger partial charge in [0.05, 0.1) is 0 Å². The molecule has 3 heterocycles. The van der Waals surface area contributed by atoms with Gasteiger partial charge in [-0.25, -0.2) is 4.79 Å². The van der Waals surface area contributed by atoms with E-state index in [1.165, 1.54) is 16.7 Å². The van der Waals surface area contributed by atoms with E-state index in [0.29, 0.717) is 36.4 Å². The molecule has 0 bridgehead atoms. The maximum Gasteiger partial charge on any atom is 0.352 e. The summed E-state index contributed by atoms with van der Waals surface area (Å²) in [7, 11) is 0. The Bertz CT molecular complexity index is 707. The van der Waals surface area contributed by atoms with E-state index >= 15 is 0 Å². The Morgan fingerprint density at radius 3 is 2.68 bits per heavy atom. The highest BCUT2D eigenvalue weighted by Gasteiger charge is 2.51. The minimum atomic E-state index is -1.16. The van der Waals surface area contributed by atoms with Crippen LogP contribution in [0.1, 0.15) is 27.2 Å². The number of amides is 2. The highest BCUT2D eigenvalue weighted by Crippen LogP contribution is 2.40. The third kappa shape index (κ3) is 3.20. The lowest BCUT2D eigenvalue weighted by Crippen LogP contribution is -2.68. The van der Waals surface area contributed by atoms with Gasteiger partial charge in [-0.3, -0.25) is 14.5 Å². The van der Waals surface area contributed by atoms with Gasteiger partial charge in [0, 0.05) is 24.4 Å². The highest BCUT2D eigenvalue weighted by molar-refractivity contribution is 8.00. The second-order valence-electron chi connectivity index (χ2n) is 7.82. The number of hydrogen-bond donors (Lipinski definition) is 2. The van der Waals surface area contributed by atoms with E-state index in [1.807, 2.05) is 0 Å². The number of carboxylic acids is 1. The van der Waals surface area contributed by atoms with Crippen molar-refractivity contribution in [1.29, 1.82) is 0 Å². The van der Waals surface area contributed by atoms with E-state index in [0.717, 1.165) is 0 Å². The monoisotopic (exact) mass is 365 g/mol. The summed E-state index contributed by atoms with van der Waals surface area (Å²) < 4.78 is 0. The number of aliphatic carboxylic acids is 1. The molecule has 25 heavy (non-hydrogen) atoms. The molecule has 2 atom stereocenters. The number of carbonyl (C=O) groups is 3. The van der Waals surface area contributed by atoms with Crippen molar-refractivity contribution >= 4 is 29.5 Å². The summed E-state index contributed by atoms with van der Waals surface area (Å²) in [6.45, 7) is 7.52. The highest BCUT2D eigenvalue weighted by atomic mass is 32.2. The molecule has 0 spiro atoms. The van der Waals surface area contributed by atoms with Crippen molar-refractivity contribution in [2.24, 2.45) is 11.1 Å². The van der Waals surface area contributed by atoms with Gasteiger partial charge >= 0.3 is 5.97 Å². The van der Waals surface area contributed by atoms with Crippen molar-refractivity contribution < 1.29 is 19.5 Å². The van der Waals surface area contributed by atoms with E-state index in [2.05, 4.69) is 20.8 Å². The first-order valence-corrected chi connectivity index (χ1v) is 9.31. The van der Waals surface area contributed by atoms with Gasteiger partial charge in [0.2, 0.25) is 11.8 Å². The van der Waals surface area contributed by atoms with Crippen LogP contribution in [-0.4, -0.2) is 62.9 Å². The molecule has 2 fully saturated rings. The van der Waals surface area contributed by atoms with Gasteiger partial charge in [-0.05, 0) is 23.5 Å². The number of β-lactam (4-membered cyclic amide) rings is 1. The van der Waals surface area contributed by atoms with Crippen LogP contribution in [-0.2, 0) is 14.4 Å². The summed E-state index contributed by atoms with van der Waals surface area (Å²) >= 11 is 1.44. The van der Waals surface area contributed by atoms with Crippen LogP contribution in [0.4, 0.5) is 0 Å². The molecule has 3 rings (SSSR count). The van der Waals surface area contributed by atoms with Crippen LogP contribution in [0, 0.1) is 5.41 Å². The maximum absolute atomic E-state index is 12.6. The fraction of sp³-hybridized carbons (Fsp3) is 0.588. The van der Waals surface area contributed by atoms with Crippen molar-refractivity contribution in [3.63, 3.8) is 0 Å². The summed E-state index contributed by atoms with van der Waals surface area (Å²) in [6, 6.07) is -0.649. The smallest absolute Gasteiger partial charge is 0.352 e. The third-order valence-corrected chi connectivity index (χ3v) is 5.79. The zero-order valence-electron chi connectivity index (χ0n) is 14.6. The Kier molecular flexibility index (Phi) is 4.45. The first-order chi connectivity index (χ1) is 11.6. The number of hydrogen-bond acceptors (Lipinski definition) is 5. The molecule has 0 saturated carbocycles. The SMILES string of the molecule is CC(C)(C)CN1CCC(=CC2=C(C(=O)O)N3C(=O)C(N)C3SC2)C1=O. The molecule has 3 N–H and O–H groups in total. The zero-order chi connectivity index (χ0) is 18.5. The number of fused-ring (bicyclic) bond motifs is 1. The molecular formula is C17H23N3O4S. The molecular weight excluding hydrogens is 342 g/mol. The molecule has 0 aliphatic carbocycles. The summed E-state index contributed by atoms with van der Waals surface area (Å²) in [6.07, 6.45) is 2.25. The van der Waals surface area contributed by atoms with Gasteiger partial charge in [-0.2, -0.15) is 0 Å². The molecule has 3 aliphatic rings. The topological polar surface area (TPSA) is 104 Å². The molecule has 0 aromatic rings. The molecule has 2 amide bonds. The number of thioether (sulfide) groups is 1. The lowest BCUT2D eigenvalue weighted by atomic mass is 9.96. The maximum atomic E-state index is 12.6. The Hall–Kier alpha value is -1.80. The number of allylic oxidation sites excluding steroid dienone is 1. The van der Waals surface area contributed by atoms with E-state index in [-0.39, 0.29) is 28.3 Å². The Morgan fingerprint density at radius 1 is 1.40 bits per heavy atom. The average Bonchev–Trinajstić information content (AvgIpc) is 2.84. The molecule has 7 nitrogen and oxygen atoms in total. The molecule has 3 aliphatic heterocycles. The van der Waals surface area contributed by atoms with Crippen LogP contribution in [0.25, 0.3) is 0 Å². The van der Waals surface area contributed by atoms with Gasteiger partial charge < -0.3 is 15.7 Å². The summed E-state index contributed by atoms with van der Waals surface area (Å²) in [5.74, 6) is -1.15. The number of nitrogens with zero attached hydrogens (tertiary/aromatic N) is 2. The number of carbonyl (C=O) groups excluding carboxylic acids is 2. The van der Waals surface area contributed by atoms with Crippen molar-refractivity contribution in [3.05, 3.63) is 22.9 Å². The molecule has 2 unspecified atom stereocenters. The van der Waals surface area contributed by atoms with Crippen LogP contribution in [0.15, 0.2) is 22.9 Å². The number of rotatable bonds is 3. The van der Waals surface area contributed by atoms with Crippen molar-refractivity contribution in [1.82, 2.24) is 9.80 Å². The van der Waals surface area contributed by atoms with Crippen LogP contribution >= 0.6 is 11.8 Å². The number of carboxylic acid groups (broad SMARTS) is 1. The van der Waals surface area contributed by atoms with Gasteiger partial charge in [0.15, 0.2) is 0 Å². The first-order valence-electron chi connectivity index (χ1n) is 8.27. The van der Waals surface area contributed by atoms with E-state index in [9.17, 15) is 19.5 Å². The zero-order valence-corrected chi connectivity index (χ0v) is 15.4. The van der Waals surface area contributed by atoms with Gasteiger partial charge in [0.1, 0.15) is 17.1 Å². The fourth-order valence-corrected chi connectivity index (χ4v) is 4.64. The fourth-order valence-electron chi connectivity index (χ4n) is 3.39. The Morgan fingerprint density at radius 2 is 2.08 bits per heavy atom. The van der Waals surface area contributed by atoms with Crippen LogP contribution in [0.5, 0.6) is 0 Å². The molecule has 8 heteroatoms. The number of likely N-dealkylation sites (tertiary alicyclic amines) is 1. The van der Waals surface area contributed by atoms with Gasteiger partial charge in [-0.1, -0.05) is 20.8 Å². The minimum Gasteiger partial charge on any atom is -0.477 e. The van der Waals surface area contributed by atoms with Gasteiger partial charge in [0.25, 0.3) is 0 Å². The first kappa shape index (κ1) is 18.0. The van der Waals surface area contributed by atoms with Crippen molar-refractivity contribution in [3.8, 4) is 0 Å². The van der Waals surface area contributed by atoms with Crippen molar-refractivity contribution in [2.75, 3.05) is 18.8 Å². The standard InChI is InChI=1S/C17H23N3O4S/c1-17(2,3)8-19-5-4-9(13(19)21)6-10-7-25-15-11(18)14(22)20(15)12(10)16(23)24/h6,11,15H,4-5,7-8,18H2,1-3H3,(H,23,24). The minimum absolute atomic E-state index is 0.00467. The average molecular weight is 365 g/mol. The quantitative estimate of drug-likeness (QED) is 0.566. The van der Waals surface area contributed by atoms with Crippen LogP contribution in [0.2, 0.25) is 0 Å². The molecule has 136 valence electrons. The van der Waals surface area contributed by atoms with E-state index in [1.54, 1.807) is 11.0 Å². The summed E-state index contributed by atoms with van der Waals surface area (Å²) in [5.41, 5.74) is 6.83. The molecule has 0 radical (unpaired) electrons. The summed E-state index contributed by atoms with van der Waals surface area (Å²) in [5, 5.41) is 9.23. The van der Waals surface area contributed by atoms with Gasteiger partial charge in [-0.15, -0.1) is 11.8 Å². The lowest BCUT2D eigenvalue weighted by molar-refractivity contribution is -0.147. The second-order valence-corrected chi connectivity index (χ2v) is 8.93. The van der Waals surface area contributed by atoms with E-state index < -0.39 is 12.0 Å². The third-order valence-electron chi connectivity index (χ3n) is 4.47. The van der Waals surface area contributed by atoms with Crippen molar-refractivity contribution in [2.45, 2.75) is 38.6 Å². The summed E-state index contributed by atoms with van der Waals surface area (Å²) in [4.78, 5) is 39.3.